The lowest BCUT2D eigenvalue weighted by molar-refractivity contribution is 0.145. The van der Waals surface area contributed by atoms with E-state index in [0.29, 0.717) is 23.7 Å². The molecule has 1 aliphatic heterocycles. The van der Waals surface area contributed by atoms with Crippen molar-refractivity contribution in [2.75, 3.05) is 63.7 Å². The molecule has 1 aliphatic rings. The minimum absolute atomic E-state index is 0.109. The first kappa shape index (κ1) is 27.1. The van der Waals surface area contributed by atoms with Gasteiger partial charge in [-0.15, -0.1) is 0 Å². The van der Waals surface area contributed by atoms with Crippen molar-refractivity contribution in [3.8, 4) is 11.5 Å². The van der Waals surface area contributed by atoms with Gasteiger partial charge in [0.2, 0.25) is 5.95 Å². The number of piperazine rings is 1. The molecule has 1 amide bonds. The van der Waals surface area contributed by atoms with Gasteiger partial charge in [0, 0.05) is 56.7 Å². The summed E-state index contributed by atoms with van der Waals surface area (Å²) in [7, 11) is 3.60. The highest BCUT2D eigenvalue weighted by Crippen LogP contribution is 2.34. The maximum Gasteiger partial charge on any atom is 0.417 e. The molecule has 202 valence electrons. The average Bonchev–Trinajstić information content (AvgIpc) is 2.89. The Kier molecular flexibility index (Phi) is 8.93. The van der Waals surface area contributed by atoms with Gasteiger partial charge in [-0.05, 0) is 50.2 Å². The highest BCUT2D eigenvalue weighted by atomic mass is 19.1. The molecule has 0 radical (unpaired) electrons. The van der Waals surface area contributed by atoms with Crippen LogP contribution in [0, 0.1) is 12.7 Å². The van der Waals surface area contributed by atoms with Gasteiger partial charge in [0.1, 0.15) is 11.6 Å². The van der Waals surface area contributed by atoms with E-state index in [9.17, 15) is 14.3 Å². The number of hydrogen-bond donors (Lipinski definition) is 2. The second kappa shape index (κ2) is 12.5. The second-order valence-corrected chi connectivity index (χ2v) is 9.15. The summed E-state index contributed by atoms with van der Waals surface area (Å²) in [5.74, 6) is 0.272. The minimum atomic E-state index is -1.24. The fourth-order valence-corrected chi connectivity index (χ4v) is 4.19. The predicted molar refractivity (Wildman–Crippen MR) is 144 cm³/mol. The Hall–Kier alpha value is -3.96. The van der Waals surface area contributed by atoms with Crippen LogP contribution in [0.1, 0.15) is 12.0 Å². The molecule has 0 atom stereocenters. The van der Waals surface area contributed by atoms with Crippen molar-refractivity contribution in [1.82, 2.24) is 19.8 Å². The van der Waals surface area contributed by atoms with E-state index in [1.807, 2.05) is 6.92 Å². The molecule has 0 bridgehead atoms. The molecular weight excluding hydrogens is 491 g/mol. The zero-order valence-electron chi connectivity index (χ0n) is 21.9. The largest absolute Gasteiger partial charge is 0.495 e. The molecule has 4 rings (SSSR count). The number of halogens is 1. The summed E-state index contributed by atoms with van der Waals surface area (Å²) in [4.78, 5) is 26.3. The molecule has 1 fully saturated rings. The summed E-state index contributed by atoms with van der Waals surface area (Å²) < 4.78 is 25.7. The lowest BCUT2D eigenvalue weighted by Crippen LogP contribution is -2.44. The van der Waals surface area contributed by atoms with Crippen LogP contribution in [0.3, 0.4) is 0 Å². The van der Waals surface area contributed by atoms with Gasteiger partial charge in [-0.3, -0.25) is 0 Å². The molecule has 0 unspecified atom stereocenters. The van der Waals surface area contributed by atoms with Crippen LogP contribution in [0.15, 0.2) is 48.7 Å². The molecule has 2 heterocycles. The van der Waals surface area contributed by atoms with Crippen molar-refractivity contribution >= 4 is 29.2 Å². The maximum atomic E-state index is 14.7. The zero-order chi connectivity index (χ0) is 27.1. The number of benzene rings is 2. The van der Waals surface area contributed by atoms with Gasteiger partial charge in [-0.1, -0.05) is 6.07 Å². The van der Waals surface area contributed by atoms with Gasteiger partial charge in [0.15, 0.2) is 11.6 Å². The normalized spacial score (nSPS) is 14.2. The third-order valence-electron chi connectivity index (χ3n) is 6.30. The highest BCUT2D eigenvalue weighted by Gasteiger charge is 2.23. The van der Waals surface area contributed by atoms with E-state index in [1.54, 1.807) is 30.3 Å². The van der Waals surface area contributed by atoms with E-state index < -0.39 is 11.9 Å². The maximum absolute atomic E-state index is 14.7. The standard InChI is InChI=1S/C27H33FN6O4/c1-19-5-7-22(24(17-19)37-3)34(27(35)36)25-9-10-29-26(31-25)30-20-6-8-23(21(28)18-20)38-16-4-11-33-14-12-32(2)13-15-33/h5-10,17-18H,4,11-16H2,1-3H3,(H,35,36)(H,29,30,31). The fraction of sp³-hybridized carbons (Fsp3) is 0.370. The number of aryl methyl sites for hydroxylation is 1. The summed E-state index contributed by atoms with van der Waals surface area (Å²) in [6, 6.07) is 11.2. The molecule has 2 aromatic carbocycles. The van der Waals surface area contributed by atoms with Gasteiger partial charge < -0.3 is 29.7 Å². The Morgan fingerprint density at radius 2 is 1.92 bits per heavy atom. The quantitative estimate of drug-likeness (QED) is 0.371. The lowest BCUT2D eigenvalue weighted by Gasteiger charge is -2.32. The van der Waals surface area contributed by atoms with Gasteiger partial charge >= 0.3 is 6.09 Å². The molecule has 0 saturated carbocycles. The van der Waals surface area contributed by atoms with E-state index in [0.717, 1.165) is 49.6 Å². The van der Waals surface area contributed by atoms with Crippen molar-refractivity contribution in [2.24, 2.45) is 0 Å². The zero-order valence-corrected chi connectivity index (χ0v) is 21.9. The second-order valence-electron chi connectivity index (χ2n) is 9.15. The van der Waals surface area contributed by atoms with Gasteiger partial charge in [0.05, 0.1) is 19.4 Å². The van der Waals surface area contributed by atoms with E-state index in [4.69, 9.17) is 9.47 Å². The molecule has 1 aromatic heterocycles. The summed E-state index contributed by atoms with van der Waals surface area (Å²) in [6.45, 7) is 7.43. The number of rotatable bonds is 10. The van der Waals surface area contributed by atoms with Crippen molar-refractivity contribution in [1.29, 1.82) is 0 Å². The SMILES string of the molecule is COc1cc(C)ccc1N(C(=O)O)c1ccnc(Nc2ccc(OCCCN3CCN(C)CC3)c(F)c2)n1. The molecule has 11 heteroatoms. The number of hydrogen-bond acceptors (Lipinski definition) is 8. The molecular formula is C27H33FN6O4. The summed E-state index contributed by atoms with van der Waals surface area (Å²) >= 11 is 0. The molecule has 0 spiro atoms. The summed E-state index contributed by atoms with van der Waals surface area (Å²) in [5, 5.41) is 12.8. The molecule has 3 aromatic rings. The molecule has 38 heavy (non-hydrogen) atoms. The predicted octanol–water partition coefficient (Wildman–Crippen LogP) is 4.51. The van der Waals surface area contributed by atoms with Crippen molar-refractivity contribution in [2.45, 2.75) is 13.3 Å². The highest BCUT2D eigenvalue weighted by molar-refractivity contribution is 5.95. The number of nitrogens with zero attached hydrogens (tertiary/aromatic N) is 5. The first-order valence-corrected chi connectivity index (χ1v) is 12.4. The van der Waals surface area contributed by atoms with Gasteiger partial charge in [-0.2, -0.15) is 4.98 Å². The van der Waals surface area contributed by atoms with Crippen LogP contribution in [0.5, 0.6) is 11.5 Å². The average molecular weight is 525 g/mol. The lowest BCUT2D eigenvalue weighted by atomic mass is 10.2. The summed E-state index contributed by atoms with van der Waals surface area (Å²) in [6.07, 6.45) is 1.00. The third-order valence-corrected chi connectivity index (χ3v) is 6.30. The smallest absolute Gasteiger partial charge is 0.417 e. The van der Waals surface area contributed by atoms with Crippen LogP contribution in [0.2, 0.25) is 0 Å². The van der Waals surface area contributed by atoms with Crippen molar-refractivity contribution in [3.05, 3.63) is 60.0 Å². The van der Waals surface area contributed by atoms with E-state index in [2.05, 4.69) is 32.1 Å². The Labute approximate surface area is 221 Å². The molecule has 10 nitrogen and oxygen atoms in total. The van der Waals surface area contributed by atoms with E-state index in [-0.39, 0.29) is 17.5 Å². The first-order chi connectivity index (χ1) is 18.3. The minimum Gasteiger partial charge on any atom is -0.495 e. The number of nitrogens with one attached hydrogen (secondary N) is 1. The number of aromatic nitrogens is 2. The van der Waals surface area contributed by atoms with Crippen LogP contribution in [-0.4, -0.2) is 84.5 Å². The van der Waals surface area contributed by atoms with Crippen LogP contribution in [-0.2, 0) is 0 Å². The molecule has 2 N–H and O–H groups in total. The monoisotopic (exact) mass is 524 g/mol. The van der Waals surface area contributed by atoms with Gasteiger partial charge in [0.25, 0.3) is 0 Å². The number of anilines is 4. The van der Waals surface area contributed by atoms with Crippen LogP contribution >= 0.6 is 0 Å². The topological polar surface area (TPSA) is 103 Å². The number of amides is 1. The van der Waals surface area contributed by atoms with Crippen LogP contribution in [0.25, 0.3) is 0 Å². The van der Waals surface area contributed by atoms with Crippen LogP contribution < -0.4 is 19.7 Å². The Bertz CT molecular complexity index is 1250. The van der Waals surface area contributed by atoms with Crippen molar-refractivity contribution in [3.63, 3.8) is 0 Å². The number of ether oxygens (including phenoxy) is 2. The van der Waals surface area contributed by atoms with E-state index >= 15 is 0 Å². The van der Waals surface area contributed by atoms with Gasteiger partial charge in [-0.25, -0.2) is 19.1 Å². The molecule has 0 aliphatic carbocycles. The number of carboxylic acid groups (broad SMARTS) is 1. The van der Waals surface area contributed by atoms with Crippen molar-refractivity contribution < 1.29 is 23.8 Å². The molecule has 1 saturated heterocycles. The van der Waals surface area contributed by atoms with E-state index in [1.165, 1.54) is 25.4 Å². The summed E-state index contributed by atoms with van der Waals surface area (Å²) in [5.41, 5.74) is 1.64. The Morgan fingerprint density at radius 3 is 2.63 bits per heavy atom. The number of carbonyl (C=O) groups is 1. The Balaban J connectivity index is 1.40. The first-order valence-electron chi connectivity index (χ1n) is 12.4. The number of methoxy groups -OCH3 is 1. The number of likely N-dealkylation sites (N-methyl/N-ethyl adjacent to an activating group) is 1. The fourth-order valence-electron chi connectivity index (χ4n) is 4.19. The van der Waals surface area contributed by atoms with Crippen LogP contribution in [0.4, 0.5) is 32.3 Å². The Morgan fingerprint density at radius 1 is 1.13 bits per heavy atom. The third kappa shape index (κ3) is 6.87.